The van der Waals surface area contributed by atoms with E-state index in [2.05, 4.69) is 15.8 Å². The molecule has 6 heteroatoms. The first-order valence-corrected chi connectivity index (χ1v) is 7.50. The monoisotopic (exact) mass is 335 g/mol. The second kappa shape index (κ2) is 7.35. The zero-order chi connectivity index (χ0) is 17.6. The van der Waals surface area contributed by atoms with E-state index in [9.17, 15) is 14.0 Å². The van der Waals surface area contributed by atoms with E-state index in [1.165, 1.54) is 24.3 Å². The van der Waals surface area contributed by atoms with Crippen LogP contribution in [0.2, 0.25) is 0 Å². The molecule has 0 unspecified atom stereocenters. The lowest BCUT2D eigenvalue weighted by atomic mass is 10.1. The summed E-state index contributed by atoms with van der Waals surface area (Å²) < 4.78 is 12.8. The number of pyridine rings is 1. The van der Waals surface area contributed by atoms with Crippen LogP contribution in [-0.2, 0) is 0 Å². The third-order valence-electron chi connectivity index (χ3n) is 3.56. The summed E-state index contributed by atoms with van der Waals surface area (Å²) in [4.78, 5) is 27.9. The Kier molecular flexibility index (Phi) is 4.80. The van der Waals surface area contributed by atoms with Crippen LogP contribution in [-0.4, -0.2) is 16.8 Å². The van der Waals surface area contributed by atoms with E-state index in [-0.39, 0.29) is 5.56 Å². The fourth-order valence-corrected chi connectivity index (χ4v) is 2.22. The van der Waals surface area contributed by atoms with Crippen LogP contribution >= 0.6 is 0 Å². The maximum absolute atomic E-state index is 12.8. The molecule has 2 amide bonds. The molecule has 0 aliphatic carbocycles. The van der Waals surface area contributed by atoms with Crippen LogP contribution in [0.4, 0.5) is 4.39 Å². The number of hydrogen-bond donors (Lipinski definition) is 2. The predicted octanol–water partition coefficient (Wildman–Crippen LogP) is 2.96. The molecule has 1 aromatic heterocycles. The second-order valence-electron chi connectivity index (χ2n) is 5.23. The van der Waals surface area contributed by atoms with E-state index >= 15 is 0 Å². The molecular formula is C19H14FN3O2. The van der Waals surface area contributed by atoms with Gasteiger partial charge in [0.1, 0.15) is 5.82 Å². The average Bonchev–Trinajstić information content (AvgIpc) is 2.67. The fraction of sp³-hybridized carbons (Fsp3) is 0. The quantitative estimate of drug-likeness (QED) is 0.723. The molecule has 25 heavy (non-hydrogen) atoms. The molecule has 3 aromatic rings. The Hall–Kier alpha value is -3.54. The van der Waals surface area contributed by atoms with Gasteiger partial charge in [0.05, 0.1) is 0 Å². The van der Waals surface area contributed by atoms with Crippen LogP contribution in [0.15, 0.2) is 73.1 Å². The summed E-state index contributed by atoms with van der Waals surface area (Å²) >= 11 is 0. The number of carbonyl (C=O) groups excluding carboxylic acids is 2. The van der Waals surface area contributed by atoms with Crippen molar-refractivity contribution in [2.45, 2.75) is 0 Å². The van der Waals surface area contributed by atoms with E-state index in [1.54, 1.807) is 24.5 Å². The molecule has 124 valence electrons. The van der Waals surface area contributed by atoms with Gasteiger partial charge in [-0.05, 0) is 59.7 Å². The SMILES string of the molecule is O=C(NNC(=O)c1ccc(-c2ccncc2)cc1)c1ccc(F)cc1. The highest BCUT2D eigenvalue weighted by atomic mass is 19.1. The highest BCUT2D eigenvalue weighted by molar-refractivity contribution is 5.99. The first-order valence-electron chi connectivity index (χ1n) is 7.50. The van der Waals surface area contributed by atoms with Gasteiger partial charge < -0.3 is 0 Å². The Bertz CT molecular complexity index is 879. The lowest BCUT2D eigenvalue weighted by Crippen LogP contribution is -2.41. The minimum absolute atomic E-state index is 0.245. The summed E-state index contributed by atoms with van der Waals surface area (Å²) in [6.07, 6.45) is 3.39. The molecule has 0 spiro atoms. The molecule has 0 radical (unpaired) electrons. The van der Waals surface area contributed by atoms with E-state index in [0.29, 0.717) is 5.56 Å². The molecule has 2 N–H and O–H groups in total. The number of carbonyl (C=O) groups is 2. The van der Waals surface area contributed by atoms with Crippen molar-refractivity contribution in [3.63, 3.8) is 0 Å². The number of nitrogens with one attached hydrogen (secondary N) is 2. The molecule has 2 aromatic carbocycles. The highest BCUT2D eigenvalue weighted by Crippen LogP contribution is 2.18. The van der Waals surface area contributed by atoms with Crippen molar-refractivity contribution in [2.75, 3.05) is 0 Å². The maximum atomic E-state index is 12.8. The summed E-state index contributed by atoms with van der Waals surface area (Å²) in [5, 5.41) is 0. The van der Waals surface area contributed by atoms with Crippen molar-refractivity contribution in [3.05, 3.63) is 90.0 Å². The second-order valence-corrected chi connectivity index (χ2v) is 5.23. The van der Waals surface area contributed by atoms with Crippen LogP contribution < -0.4 is 10.9 Å². The number of aromatic nitrogens is 1. The summed E-state index contributed by atoms with van der Waals surface area (Å²) in [5.41, 5.74) is 7.21. The van der Waals surface area contributed by atoms with Gasteiger partial charge >= 0.3 is 0 Å². The number of benzene rings is 2. The normalized spacial score (nSPS) is 10.1. The number of amides is 2. The third-order valence-corrected chi connectivity index (χ3v) is 3.56. The summed E-state index contributed by atoms with van der Waals surface area (Å²) in [7, 11) is 0. The Labute approximate surface area is 143 Å². The number of hydrogen-bond acceptors (Lipinski definition) is 3. The topological polar surface area (TPSA) is 71.1 Å². The summed E-state index contributed by atoms with van der Waals surface area (Å²) in [5.74, 6) is -1.41. The van der Waals surface area contributed by atoms with Crippen molar-refractivity contribution in [3.8, 4) is 11.1 Å². The van der Waals surface area contributed by atoms with Crippen LogP contribution in [0.5, 0.6) is 0 Å². The Balaban J connectivity index is 1.61. The van der Waals surface area contributed by atoms with E-state index < -0.39 is 17.6 Å². The fourth-order valence-electron chi connectivity index (χ4n) is 2.22. The smallest absolute Gasteiger partial charge is 0.267 e. The van der Waals surface area contributed by atoms with Crippen LogP contribution in [0.3, 0.4) is 0 Å². The molecule has 0 saturated heterocycles. The largest absolute Gasteiger partial charge is 0.269 e. The van der Waals surface area contributed by atoms with Gasteiger partial charge in [0, 0.05) is 23.5 Å². The van der Waals surface area contributed by atoms with Gasteiger partial charge in [0.25, 0.3) is 11.8 Å². The van der Waals surface area contributed by atoms with Gasteiger partial charge in [-0.3, -0.25) is 25.4 Å². The number of halogens is 1. The van der Waals surface area contributed by atoms with Crippen LogP contribution in [0, 0.1) is 5.82 Å². The van der Waals surface area contributed by atoms with Crippen LogP contribution in [0.1, 0.15) is 20.7 Å². The van der Waals surface area contributed by atoms with E-state index in [4.69, 9.17) is 0 Å². The standard InChI is InChI=1S/C19H14FN3O2/c20-17-7-5-16(6-8-17)19(25)23-22-18(24)15-3-1-13(2-4-15)14-9-11-21-12-10-14/h1-12H,(H,22,24)(H,23,25). The molecular weight excluding hydrogens is 321 g/mol. The summed E-state index contributed by atoms with van der Waals surface area (Å²) in [6, 6.07) is 15.7. The minimum atomic E-state index is -0.526. The predicted molar refractivity (Wildman–Crippen MR) is 91.0 cm³/mol. The van der Waals surface area contributed by atoms with Crippen LogP contribution in [0.25, 0.3) is 11.1 Å². The molecule has 5 nitrogen and oxygen atoms in total. The highest BCUT2D eigenvalue weighted by Gasteiger charge is 2.09. The maximum Gasteiger partial charge on any atom is 0.269 e. The lowest BCUT2D eigenvalue weighted by Gasteiger charge is -2.08. The number of nitrogens with zero attached hydrogens (tertiary/aromatic N) is 1. The first kappa shape index (κ1) is 16.3. The van der Waals surface area contributed by atoms with Crippen molar-refractivity contribution < 1.29 is 14.0 Å². The van der Waals surface area contributed by atoms with Crippen molar-refractivity contribution in [1.82, 2.24) is 15.8 Å². The van der Waals surface area contributed by atoms with Gasteiger partial charge in [0.2, 0.25) is 0 Å². The van der Waals surface area contributed by atoms with Gasteiger partial charge in [-0.15, -0.1) is 0 Å². The van der Waals surface area contributed by atoms with E-state index in [0.717, 1.165) is 11.1 Å². The van der Waals surface area contributed by atoms with Gasteiger partial charge in [0.15, 0.2) is 0 Å². The molecule has 1 heterocycles. The van der Waals surface area contributed by atoms with Crippen molar-refractivity contribution in [1.29, 1.82) is 0 Å². The van der Waals surface area contributed by atoms with Gasteiger partial charge in [-0.1, -0.05) is 12.1 Å². The van der Waals surface area contributed by atoms with Crippen molar-refractivity contribution in [2.24, 2.45) is 0 Å². The zero-order valence-electron chi connectivity index (χ0n) is 13.1. The van der Waals surface area contributed by atoms with Gasteiger partial charge in [-0.25, -0.2) is 4.39 Å². The third kappa shape index (κ3) is 4.06. The minimum Gasteiger partial charge on any atom is -0.267 e. The number of rotatable bonds is 3. The molecule has 0 bridgehead atoms. The Morgan fingerprint density at radius 1 is 0.680 bits per heavy atom. The molecule has 0 saturated carbocycles. The van der Waals surface area contributed by atoms with E-state index in [1.807, 2.05) is 24.3 Å². The molecule has 0 aliphatic rings. The average molecular weight is 335 g/mol. The number of hydrazine groups is 1. The molecule has 0 aliphatic heterocycles. The van der Waals surface area contributed by atoms with Crippen molar-refractivity contribution >= 4 is 11.8 Å². The lowest BCUT2D eigenvalue weighted by molar-refractivity contribution is 0.0846. The Morgan fingerprint density at radius 3 is 1.64 bits per heavy atom. The Morgan fingerprint density at radius 2 is 1.12 bits per heavy atom. The summed E-state index contributed by atoms with van der Waals surface area (Å²) in [6.45, 7) is 0. The molecule has 0 fully saturated rings. The molecule has 0 atom stereocenters. The molecule has 3 rings (SSSR count). The zero-order valence-corrected chi connectivity index (χ0v) is 13.1. The van der Waals surface area contributed by atoms with Gasteiger partial charge in [-0.2, -0.15) is 0 Å². The first-order chi connectivity index (χ1) is 12.1.